The lowest BCUT2D eigenvalue weighted by molar-refractivity contribution is -0.00425. The highest BCUT2D eigenvalue weighted by atomic mass is 16.3. The molecule has 0 saturated carbocycles. The first-order valence-corrected chi connectivity index (χ1v) is 4.30. The van der Waals surface area contributed by atoms with Gasteiger partial charge in [-0.15, -0.1) is 0 Å². The van der Waals surface area contributed by atoms with Gasteiger partial charge >= 0.3 is 0 Å². The van der Waals surface area contributed by atoms with Crippen LogP contribution in [0.5, 0.6) is 0 Å². The van der Waals surface area contributed by atoms with Gasteiger partial charge in [0, 0.05) is 13.1 Å². The molecular formula is C7H12N6O. The molecule has 1 aromatic rings. The maximum Gasteiger partial charge on any atom is 0.225 e. The normalized spacial score (nSPS) is 18.1. The highest BCUT2D eigenvalue weighted by Gasteiger charge is 2.24. The van der Waals surface area contributed by atoms with Crippen molar-refractivity contribution in [2.45, 2.75) is 12.6 Å². The van der Waals surface area contributed by atoms with E-state index in [4.69, 9.17) is 16.6 Å². The minimum atomic E-state index is -0.230. The SMILES string of the molecule is Nc1nc(N)nc(CN2CC(O)C2)n1. The molecule has 0 spiro atoms. The molecule has 2 rings (SSSR count). The van der Waals surface area contributed by atoms with E-state index in [1.54, 1.807) is 0 Å². The molecule has 1 aliphatic rings. The predicted octanol–water partition coefficient (Wildman–Crippen LogP) is -1.79. The number of nitrogens with zero attached hydrogens (tertiary/aromatic N) is 4. The second-order valence-electron chi connectivity index (χ2n) is 3.32. The minimum Gasteiger partial charge on any atom is -0.390 e. The Hall–Kier alpha value is -1.47. The molecule has 14 heavy (non-hydrogen) atoms. The van der Waals surface area contributed by atoms with E-state index < -0.39 is 0 Å². The zero-order valence-corrected chi connectivity index (χ0v) is 7.59. The van der Waals surface area contributed by atoms with E-state index in [-0.39, 0.29) is 18.0 Å². The number of nitrogen functional groups attached to an aromatic ring is 2. The van der Waals surface area contributed by atoms with E-state index >= 15 is 0 Å². The van der Waals surface area contributed by atoms with Gasteiger partial charge in [-0.05, 0) is 0 Å². The average Bonchev–Trinajstić information content (AvgIpc) is 1.99. The Labute approximate surface area is 80.8 Å². The molecule has 0 amide bonds. The minimum absolute atomic E-state index is 0.133. The molecule has 2 heterocycles. The van der Waals surface area contributed by atoms with Crippen LogP contribution in [0.2, 0.25) is 0 Å². The van der Waals surface area contributed by atoms with Crippen LogP contribution in [-0.4, -0.2) is 44.2 Å². The molecule has 0 unspecified atom stereocenters. The van der Waals surface area contributed by atoms with Crippen molar-refractivity contribution in [2.75, 3.05) is 24.6 Å². The van der Waals surface area contributed by atoms with E-state index in [1.807, 2.05) is 4.90 Å². The third kappa shape index (κ3) is 1.88. The van der Waals surface area contributed by atoms with E-state index in [9.17, 15) is 0 Å². The number of aliphatic hydroxyl groups excluding tert-OH is 1. The second-order valence-corrected chi connectivity index (χ2v) is 3.32. The number of hydrogen-bond acceptors (Lipinski definition) is 7. The summed E-state index contributed by atoms with van der Waals surface area (Å²) >= 11 is 0. The zero-order valence-electron chi connectivity index (χ0n) is 7.59. The maximum atomic E-state index is 9.06. The number of aliphatic hydroxyl groups is 1. The molecular weight excluding hydrogens is 184 g/mol. The Morgan fingerprint density at radius 1 is 1.21 bits per heavy atom. The Morgan fingerprint density at radius 3 is 2.29 bits per heavy atom. The summed E-state index contributed by atoms with van der Waals surface area (Å²) in [6.07, 6.45) is -0.230. The third-order valence-electron chi connectivity index (χ3n) is 2.02. The van der Waals surface area contributed by atoms with Crippen LogP contribution in [0.3, 0.4) is 0 Å². The predicted molar refractivity (Wildman–Crippen MR) is 49.9 cm³/mol. The van der Waals surface area contributed by atoms with E-state index in [2.05, 4.69) is 15.0 Å². The first-order chi connectivity index (χ1) is 6.63. The van der Waals surface area contributed by atoms with Gasteiger partial charge in [0.25, 0.3) is 0 Å². The molecule has 1 saturated heterocycles. The summed E-state index contributed by atoms with van der Waals surface area (Å²) in [5.41, 5.74) is 10.8. The summed E-state index contributed by atoms with van der Waals surface area (Å²) in [4.78, 5) is 13.5. The van der Waals surface area contributed by atoms with Crippen molar-refractivity contribution in [3.8, 4) is 0 Å². The molecule has 1 aromatic heterocycles. The van der Waals surface area contributed by atoms with Crippen LogP contribution in [0, 0.1) is 0 Å². The second kappa shape index (κ2) is 3.35. The van der Waals surface area contributed by atoms with Gasteiger partial charge < -0.3 is 16.6 Å². The highest BCUT2D eigenvalue weighted by molar-refractivity contribution is 5.25. The van der Waals surface area contributed by atoms with E-state index in [0.29, 0.717) is 25.5 Å². The molecule has 5 N–H and O–H groups in total. The van der Waals surface area contributed by atoms with E-state index in [0.717, 1.165) is 0 Å². The van der Waals surface area contributed by atoms with Gasteiger partial charge in [0.05, 0.1) is 12.6 Å². The molecule has 1 fully saturated rings. The summed E-state index contributed by atoms with van der Waals surface area (Å²) in [5.74, 6) is 0.809. The largest absolute Gasteiger partial charge is 0.390 e. The fraction of sp³-hybridized carbons (Fsp3) is 0.571. The quantitative estimate of drug-likeness (QED) is 0.512. The molecule has 0 atom stereocenters. The summed E-state index contributed by atoms with van der Waals surface area (Å²) in [7, 11) is 0. The van der Waals surface area contributed by atoms with Crippen LogP contribution < -0.4 is 11.5 Å². The summed E-state index contributed by atoms with van der Waals surface area (Å²) in [5, 5.41) is 9.06. The van der Waals surface area contributed by atoms with Crippen molar-refractivity contribution in [3.05, 3.63) is 5.82 Å². The van der Waals surface area contributed by atoms with Crippen LogP contribution >= 0.6 is 0 Å². The third-order valence-corrected chi connectivity index (χ3v) is 2.02. The van der Waals surface area contributed by atoms with Crippen LogP contribution in [0.15, 0.2) is 0 Å². The molecule has 0 bridgehead atoms. The monoisotopic (exact) mass is 196 g/mol. The van der Waals surface area contributed by atoms with E-state index in [1.165, 1.54) is 0 Å². The molecule has 0 aromatic carbocycles. The van der Waals surface area contributed by atoms with Crippen LogP contribution in [0.1, 0.15) is 5.82 Å². The molecule has 7 heteroatoms. The Bertz CT molecular complexity index is 317. The Morgan fingerprint density at radius 2 is 1.79 bits per heavy atom. The van der Waals surface area contributed by atoms with Gasteiger partial charge in [-0.25, -0.2) is 0 Å². The molecule has 76 valence electrons. The van der Waals surface area contributed by atoms with Gasteiger partial charge in [-0.2, -0.15) is 15.0 Å². The fourth-order valence-electron chi connectivity index (χ4n) is 1.40. The Balaban J connectivity index is 2.02. The number of β-amino-alcohol motifs (C(OH)–C–C–N with tert-alkyl or cyclic N) is 1. The summed E-state index contributed by atoms with van der Waals surface area (Å²) < 4.78 is 0. The zero-order chi connectivity index (χ0) is 10.1. The number of anilines is 2. The van der Waals surface area contributed by atoms with Gasteiger partial charge in [0.15, 0.2) is 0 Å². The van der Waals surface area contributed by atoms with Gasteiger partial charge in [-0.3, -0.25) is 4.90 Å². The highest BCUT2D eigenvalue weighted by Crippen LogP contribution is 2.11. The lowest BCUT2D eigenvalue weighted by atomic mass is 10.2. The van der Waals surface area contributed by atoms with Crippen molar-refractivity contribution in [1.82, 2.24) is 19.9 Å². The smallest absolute Gasteiger partial charge is 0.225 e. The topological polar surface area (TPSA) is 114 Å². The molecule has 7 nitrogen and oxygen atoms in total. The van der Waals surface area contributed by atoms with Crippen molar-refractivity contribution in [1.29, 1.82) is 0 Å². The standard InChI is InChI=1S/C7H12N6O/c8-6-10-5(11-7(9)12-6)3-13-1-4(14)2-13/h4,14H,1-3H2,(H4,8,9,10,11,12). The van der Waals surface area contributed by atoms with Crippen LogP contribution in [-0.2, 0) is 6.54 Å². The average molecular weight is 196 g/mol. The lowest BCUT2D eigenvalue weighted by Crippen LogP contribution is -2.50. The fourth-order valence-corrected chi connectivity index (χ4v) is 1.40. The number of rotatable bonds is 2. The first kappa shape index (κ1) is 9.10. The summed E-state index contributed by atoms with van der Waals surface area (Å²) in [6.45, 7) is 1.84. The van der Waals surface area contributed by atoms with Crippen molar-refractivity contribution in [3.63, 3.8) is 0 Å². The molecule has 0 radical (unpaired) electrons. The van der Waals surface area contributed by atoms with Gasteiger partial charge in [0.1, 0.15) is 5.82 Å². The number of likely N-dealkylation sites (tertiary alicyclic amines) is 1. The number of nitrogens with two attached hydrogens (primary N) is 2. The van der Waals surface area contributed by atoms with Crippen molar-refractivity contribution < 1.29 is 5.11 Å². The molecule has 0 aliphatic carbocycles. The van der Waals surface area contributed by atoms with Gasteiger partial charge in [-0.1, -0.05) is 0 Å². The van der Waals surface area contributed by atoms with Crippen molar-refractivity contribution in [2.24, 2.45) is 0 Å². The lowest BCUT2D eigenvalue weighted by Gasteiger charge is -2.34. The summed E-state index contributed by atoms with van der Waals surface area (Å²) in [6, 6.07) is 0. The van der Waals surface area contributed by atoms with Crippen LogP contribution in [0.25, 0.3) is 0 Å². The maximum absolute atomic E-state index is 9.06. The molecule has 1 aliphatic heterocycles. The Kier molecular flexibility index (Phi) is 2.18. The number of hydrogen-bond donors (Lipinski definition) is 3. The van der Waals surface area contributed by atoms with Crippen molar-refractivity contribution >= 4 is 11.9 Å². The van der Waals surface area contributed by atoms with Gasteiger partial charge in [0.2, 0.25) is 11.9 Å². The number of aromatic nitrogens is 3. The first-order valence-electron chi connectivity index (χ1n) is 4.30. The van der Waals surface area contributed by atoms with Crippen LogP contribution in [0.4, 0.5) is 11.9 Å².